The van der Waals surface area contributed by atoms with Crippen molar-refractivity contribution in [2.75, 3.05) is 13.1 Å². The van der Waals surface area contributed by atoms with Crippen molar-refractivity contribution in [1.82, 2.24) is 10.2 Å². The van der Waals surface area contributed by atoms with Crippen LogP contribution in [0.15, 0.2) is 54.6 Å². The smallest absolute Gasteiger partial charge is 0.227 e. The predicted octanol–water partition coefficient (Wildman–Crippen LogP) is 3.02. The Balaban J connectivity index is 1.47. The normalized spacial score (nSPS) is 16.9. The Hall–Kier alpha value is -2.73. The number of amides is 2. The minimum atomic E-state index is -0.347. The molecular weight excluding hydrogens is 369 g/mol. The van der Waals surface area contributed by atoms with Crippen molar-refractivity contribution in [3.05, 3.63) is 71.5 Å². The number of likely N-dealkylation sites (tertiary alicyclic amines) is 1. The summed E-state index contributed by atoms with van der Waals surface area (Å²) < 4.78 is 13.0. The molecule has 5 nitrogen and oxygen atoms in total. The average Bonchev–Trinajstić information content (AvgIpc) is 2.77. The third-order valence-corrected chi connectivity index (χ3v) is 5.67. The molecule has 0 aliphatic carbocycles. The molecule has 2 aromatic rings. The zero-order valence-corrected chi connectivity index (χ0v) is 16.7. The highest BCUT2D eigenvalue weighted by molar-refractivity contribution is 5.81. The lowest BCUT2D eigenvalue weighted by atomic mass is 9.91. The fourth-order valence-electron chi connectivity index (χ4n) is 3.70. The summed E-state index contributed by atoms with van der Waals surface area (Å²) in [6.45, 7) is 3.35. The van der Waals surface area contributed by atoms with Crippen LogP contribution in [0.2, 0.25) is 0 Å². The van der Waals surface area contributed by atoms with E-state index in [1.807, 2.05) is 42.2 Å². The summed E-state index contributed by atoms with van der Waals surface area (Å²) in [5, 5.41) is 2.91. The minimum absolute atomic E-state index is 0.0181. The standard InChI is InChI=1S/C23H28FN3O2/c1-16(21(25)18-5-3-2-4-6-18)23(29)27-13-11-19(12-14-27)22(28)26-15-17-7-9-20(24)10-8-17/h2-10,16,19,21H,11-15,25H2,1H3,(H,26,28). The van der Waals surface area contributed by atoms with Gasteiger partial charge in [0.25, 0.3) is 0 Å². The third kappa shape index (κ3) is 5.41. The molecule has 2 atom stereocenters. The van der Waals surface area contributed by atoms with E-state index in [1.54, 1.807) is 12.1 Å². The van der Waals surface area contributed by atoms with Crippen LogP contribution in [0.1, 0.15) is 36.9 Å². The van der Waals surface area contributed by atoms with Crippen LogP contribution in [0.3, 0.4) is 0 Å². The molecule has 3 rings (SSSR count). The summed E-state index contributed by atoms with van der Waals surface area (Å²) in [7, 11) is 0. The van der Waals surface area contributed by atoms with Gasteiger partial charge in [0, 0.05) is 31.6 Å². The van der Waals surface area contributed by atoms with Crippen LogP contribution in [-0.4, -0.2) is 29.8 Å². The number of rotatable bonds is 6. The molecule has 6 heteroatoms. The molecule has 0 radical (unpaired) electrons. The second-order valence-electron chi connectivity index (χ2n) is 7.67. The van der Waals surface area contributed by atoms with E-state index in [4.69, 9.17) is 5.73 Å². The molecule has 1 fully saturated rings. The molecule has 2 aromatic carbocycles. The van der Waals surface area contributed by atoms with Gasteiger partial charge in [-0.25, -0.2) is 4.39 Å². The van der Waals surface area contributed by atoms with Crippen molar-refractivity contribution in [1.29, 1.82) is 0 Å². The summed E-state index contributed by atoms with van der Waals surface area (Å²) in [5.74, 6) is -0.709. The topological polar surface area (TPSA) is 75.4 Å². The molecule has 0 saturated carbocycles. The van der Waals surface area contributed by atoms with Gasteiger partial charge in [-0.15, -0.1) is 0 Å². The first kappa shape index (κ1) is 21.0. The summed E-state index contributed by atoms with van der Waals surface area (Å²) in [5.41, 5.74) is 8.10. The van der Waals surface area contributed by atoms with E-state index < -0.39 is 0 Å². The molecular formula is C23H28FN3O2. The van der Waals surface area contributed by atoms with Gasteiger partial charge in [-0.1, -0.05) is 49.4 Å². The molecule has 29 heavy (non-hydrogen) atoms. The van der Waals surface area contributed by atoms with Gasteiger partial charge in [-0.2, -0.15) is 0 Å². The van der Waals surface area contributed by atoms with Crippen LogP contribution in [-0.2, 0) is 16.1 Å². The Bertz CT molecular complexity index is 818. The fourth-order valence-corrected chi connectivity index (χ4v) is 3.70. The van der Waals surface area contributed by atoms with E-state index in [-0.39, 0.29) is 35.5 Å². The molecule has 1 saturated heterocycles. The Morgan fingerprint density at radius 3 is 2.34 bits per heavy atom. The molecule has 0 bridgehead atoms. The Morgan fingerprint density at radius 1 is 1.10 bits per heavy atom. The monoisotopic (exact) mass is 397 g/mol. The van der Waals surface area contributed by atoms with Gasteiger partial charge in [-0.3, -0.25) is 9.59 Å². The molecule has 2 unspecified atom stereocenters. The van der Waals surface area contributed by atoms with Gasteiger partial charge >= 0.3 is 0 Å². The third-order valence-electron chi connectivity index (χ3n) is 5.67. The largest absolute Gasteiger partial charge is 0.352 e. The molecule has 0 aromatic heterocycles. The summed E-state index contributed by atoms with van der Waals surface area (Å²) in [6.07, 6.45) is 1.27. The molecule has 1 aliphatic heterocycles. The van der Waals surface area contributed by atoms with Crippen molar-refractivity contribution in [2.45, 2.75) is 32.4 Å². The van der Waals surface area contributed by atoms with E-state index in [0.717, 1.165) is 11.1 Å². The number of halogens is 1. The summed E-state index contributed by atoms with van der Waals surface area (Å²) in [4.78, 5) is 27.1. The van der Waals surface area contributed by atoms with Crippen LogP contribution in [0, 0.1) is 17.7 Å². The van der Waals surface area contributed by atoms with Gasteiger partial charge < -0.3 is 16.0 Å². The second-order valence-corrected chi connectivity index (χ2v) is 7.67. The highest BCUT2D eigenvalue weighted by Crippen LogP contribution is 2.24. The SMILES string of the molecule is CC(C(=O)N1CCC(C(=O)NCc2ccc(F)cc2)CC1)C(N)c1ccccc1. The van der Waals surface area contributed by atoms with Crippen molar-refractivity contribution >= 4 is 11.8 Å². The van der Waals surface area contributed by atoms with Gasteiger partial charge in [0.15, 0.2) is 0 Å². The maximum Gasteiger partial charge on any atom is 0.227 e. The number of nitrogens with two attached hydrogens (primary N) is 1. The molecule has 1 aliphatic rings. The Kier molecular flexibility index (Phi) is 6.99. The highest BCUT2D eigenvalue weighted by atomic mass is 19.1. The predicted molar refractivity (Wildman–Crippen MR) is 110 cm³/mol. The quantitative estimate of drug-likeness (QED) is 0.787. The number of hydrogen-bond acceptors (Lipinski definition) is 3. The van der Waals surface area contributed by atoms with Crippen molar-refractivity contribution in [2.24, 2.45) is 17.6 Å². The van der Waals surface area contributed by atoms with E-state index in [2.05, 4.69) is 5.32 Å². The summed E-state index contributed by atoms with van der Waals surface area (Å²) >= 11 is 0. The average molecular weight is 397 g/mol. The lowest BCUT2D eigenvalue weighted by molar-refractivity contribution is -0.139. The number of carbonyl (C=O) groups is 2. The first-order valence-corrected chi connectivity index (χ1v) is 10.1. The van der Waals surface area contributed by atoms with Crippen molar-refractivity contribution in [3.63, 3.8) is 0 Å². The van der Waals surface area contributed by atoms with E-state index in [1.165, 1.54) is 12.1 Å². The second kappa shape index (κ2) is 9.65. The number of piperidine rings is 1. The maximum atomic E-state index is 13.0. The first-order chi connectivity index (χ1) is 14.0. The molecule has 2 amide bonds. The molecule has 3 N–H and O–H groups in total. The van der Waals surface area contributed by atoms with Crippen molar-refractivity contribution in [3.8, 4) is 0 Å². The molecule has 0 spiro atoms. The number of hydrogen-bond donors (Lipinski definition) is 2. The number of nitrogens with one attached hydrogen (secondary N) is 1. The zero-order chi connectivity index (χ0) is 20.8. The van der Waals surface area contributed by atoms with Gasteiger partial charge in [-0.05, 0) is 36.1 Å². The Morgan fingerprint density at radius 2 is 1.72 bits per heavy atom. The number of benzene rings is 2. The Labute approximate surface area is 171 Å². The van der Waals surface area contributed by atoms with E-state index >= 15 is 0 Å². The fraction of sp³-hybridized carbons (Fsp3) is 0.391. The van der Waals surface area contributed by atoms with Gasteiger partial charge in [0.2, 0.25) is 11.8 Å². The zero-order valence-electron chi connectivity index (χ0n) is 16.7. The minimum Gasteiger partial charge on any atom is -0.352 e. The van der Waals surface area contributed by atoms with E-state index in [0.29, 0.717) is 32.5 Å². The van der Waals surface area contributed by atoms with Gasteiger partial charge in [0.05, 0.1) is 5.92 Å². The van der Waals surface area contributed by atoms with Crippen LogP contribution >= 0.6 is 0 Å². The lowest BCUT2D eigenvalue weighted by Crippen LogP contribution is -2.46. The van der Waals surface area contributed by atoms with Crippen LogP contribution in [0.25, 0.3) is 0 Å². The van der Waals surface area contributed by atoms with E-state index in [9.17, 15) is 14.0 Å². The first-order valence-electron chi connectivity index (χ1n) is 10.1. The number of carbonyl (C=O) groups excluding carboxylic acids is 2. The van der Waals surface area contributed by atoms with Gasteiger partial charge in [0.1, 0.15) is 5.82 Å². The van der Waals surface area contributed by atoms with Crippen molar-refractivity contribution < 1.29 is 14.0 Å². The number of nitrogens with zero attached hydrogens (tertiary/aromatic N) is 1. The summed E-state index contributed by atoms with van der Waals surface area (Å²) in [6, 6.07) is 15.4. The molecule has 154 valence electrons. The van der Waals surface area contributed by atoms with Crippen LogP contribution in [0.5, 0.6) is 0 Å². The maximum absolute atomic E-state index is 13.0. The lowest BCUT2D eigenvalue weighted by Gasteiger charge is -2.34. The highest BCUT2D eigenvalue weighted by Gasteiger charge is 2.31. The molecule has 1 heterocycles. The van der Waals surface area contributed by atoms with Crippen LogP contribution in [0.4, 0.5) is 4.39 Å². The van der Waals surface area contributed by atoms with Crippen LogP contribution < -0.4 is 11.1 Å².